The topological polar surface area (TPSA) is 23.6 Å². The molecule has 2 rings (SSSR count). The Morgan fingerprint density at radius 1 is 1.40 bits per heavy atom. The van der Waals surface area contributed by atoms with Gasteiger partial charge in [-0.15, -0.1) is 11.3 Å². The summed E-state index contributed by atoms with van der Waals surface area (Å²) in [7, 11) is 2.12. The molecule has 0 aromatic carbocycles. The molecule has 1 fully saturated rings. The summed E-state index contributed by atoms with van der Waals surface area (Å²) in [6.45, 7) is 4.73. The molecule has 0 saturated carbocycles. The third kappa shape index (κ3) is 2.87. The quantitative estimate of drug-likeness (QED) is 0.720. The van der Waals surface area contributed by atoms with E-state index in [0.717, 1.165) is 31.1 Å². The maximum atomic E-state index is 11.8. The molecule has 1 saturated heterocycles. The average molecular weight is 224 g/mol. The second kappa shape index (κ2) is 4.88. The van der Waals surface area contributed by atoms with Gasteiger partial charge in [0.25, 0.3) is 0 Å². The lowest BCUT2D eigenvalue weighted by atomic mass is 10.2. The van der Waals surface area contributed by atoms with Gasteiger partial charge in [-0.3, -0.25) is 9.69 Å². The van der Waals surface area contributed by atoms with Gasteiger partial charge in [0.15, 0.2) is 5.78 Å². The van der Waals surface area contributed by atoms with E-state index >= 15 is 0 Å². The minimum Gasteiger partial charge on any atom is -0.304 e. The molecule has 1 aromatic rings. The highest BCUT2D eigenvalue weighted by atomic mass is 32.1. The summed E-state index contributed by atoms with van der Waals surface area (Å²) < 4.78 is 0. The van der Waals surface area contributed by atoms with Crippen LogP contribution in [0.1, 0.15) is 9.67 Å². The van der Waals surface area contributed by atoms with Gasteiger partial charge in [0, 0.05) is 26.2 Å². The van der Waals surface area contributed by atoms with E-state index in [1.54, 1.807) is 0 Å². The summed E-state index contributed by atoms with van der Waals surface area (Å²) in [6.07, 6.45) is 0. The minimum absolute atomic E-state index is 0.259. The van der Waals surface area contributed by atoms with Crippen molar-refractivity contribution in [2.75, 3.05) is 39.8 Å². The number of Topliss-reactive ketones (excluding diaryl/α,β-unsaturated/α-hetero) is 1. The minimum atomic E-state index is 0.259. The first kappa shape index (κ1) is 10.8. The SMILES string of the molecule is CN1CCN(CC(=O)c2cccs2)CC1. The summed E-state index contributed by atoms with van der Waals surface area (Å²) in [4.78, 5) is 17.2. The van der Waals surface area contributed by atoms with Crippen LogP contribution < -0.4 is 0 Å². The zero-order valence-corrected chi connectivity index (χ0v) is 9.80. The predicted molar refractivity (Wildman–Crippen MR) is 62.6 cm³/mol. The fraction of sp³-hybridized carbons (Fsp3) is 0.545. The van der Waals surface area contributed by atoms with Crippen LogP contribution in [0.2, 0.25) is 0 Å². The molecule has 15 heavy (non-hydrogen) atoms. The predicted octanol–water partition coefficient (Wildman–Crippen LogP) is 1.18. The molecule has 1 aliphatic rings. The average Bonchev–Trinajstić information content (AvgIpc) is 2.74. The van der Waals surface area contributed by atoms with Gasteiger partial charge in [0.1, 0.15) is 0 Å². The Labute approximate surface area is 94.3 Å². The standard InChI is InChI=1S/C11H16N2OS/c1-12-4-6-13(7-5-12)9-10(14)11-3-2-8-15-11/h2-3,8H,4-7,9H2,1H3. The van der Waals surface area contributed by atoms with E-state index in [-0.39, 0.29) is 5.78 Å². The normalized spacial score (nSPS) is 19.3. The molecule has 0 spiro atoms. The van der Waals surface area contributed by atoms with Crippen LogP contribution in [-0.4, -0.2) is 55.4 Å². The van der Waals surface area contributed by atoms with E-state index in [1.165, 1.54) is 11.3 Å². The lowest BCUT2D eigenvalue weighted by Crippen LogP contribution is -2.46. The van der Waals surface area contributed by atoms with Crippen LogP contribution in [0.15, 0.2) is 17.5 Å². The number of hydrogen-bond acceptors (Lipinski definition) is 4. The molecule has 1 aromatic heterocycles. The van der Waals surface area contributed by atoms with Gasteiger partial charge >= 0.3 is 0 Å². The largest absolute Gasteiger partial charge is 0.304 e. The number of thiophene rings is 1. The van der Waals surface area contributed by atoms with Crippen molar-refractivity contribution >= 4 is 17.1 Å². The second-order valence-electron chi connectivity index (χ2n) is 3.98. The molecule has 0 N–H and O–H groups in total. The Morgan fingerprint density at radius 2 is 2.13 bits per heavy atom. The molecule has 0 aliphatic carbocycles. The fourth-order valence-corrected chi connectivity index (χ4v) is 2.38. The Hall–Kier alpha value is -0.710. The van der Waals surface area contributed by atoms with Crippen LogP contribution in [0.4, 0.5) is 0 Å². The second-order valence-corrected chi connectivity index (χ2v) is 4.93. The zero-order chi connectivity index (χ0) is 10.7. The highest BCUT2D eigenvalue weighted by molar-refractivity contribution is 7.12. The number of ketones is 1. The summed E-state index contributed by atoms with van der Waals surface area (Å²) >= 11 is 1.53. The maximum Gasteiger partial charge on any atom is 0.186 e. The molecule has 0 radical (unpaired) electrons. The van der Waals surface area contributed by atoms with Crippen LogP contribution >= 0.6 is 11.3 Å². The summed E-state index contributed by atoms with van der Waals surface area (Å²) in [6, 6.07) is 3.84. The van der Waals surface area contributed by atoms with Crippen LogP contribution in [0.25, 0.3) is 0 Å². The fourth-order valence-electron chi connectivity index (χ4n) is 1.72. The van der Waals surface area contributed by atoms with Crippen molar-refractivity contribution in [3.05, 3.63) is 22.4 Å². The number of nitrogens with zero attached hydrogens (tertiary/aromatic N) is 2. The summed E-state index contributed by atoms with van der Waals surface area (Å²) in [5.74, 6) is 0.259. The number of rotatable bonds is 3. The first-order valence-electron chi connectivity index (χ1n) is 5.23. The van der Waals surface area contributed by atoms with Crippen molar-refractivity contribution in [1.29, 1.82) is 0 Å². The van der Waals surface area contributed by atoms with E-state index in [2.05, 4.69) is 16.8 Å². The smallest absolute Gasteiger partial charge is 0.186 e. The Kier molecular flexibility index (Phi) is 3.51. The van der Waals surface area contributed by atoms with Gasteiger partial charge in [-0.2, -0.15) is 0 Å². The molecule has 4 heteroatoms. The van der Waals surface area contributed by atoms with E-state index in [0.29, 0.717) is 6.54 Å². The number of piperazine rings is 1. The van der Waals surface area contributed by atoms with Gasteiger partial charge in [0.05, 0.1) is 11.4 Å². The van der Waals surface area contributed by atoms with E-state index < -0.39 is 0 Å². The Bertz CT molecular complexity index is 315. The monoisotopic (exact) mass is 224 g/mol. The van der Waals surface area contributed by atoms with Crippen LogP contribution in [0.3, 0.4) is 0 Å². The van der Waals surface area contributed by atoms with Gasteiger partial charge in [-0.25, -0.2) is 0 Å². The molecule has 82 valence electrons. The van der Waals surface area contributed by atoms with Crippen molar-refractivity contribution in [3.8, 4) is 0 Å². The van der Waals surface area contributed by atoms with Gasteiger partial charge in [0.2, 0.25) is 0 Å². The van der Waals surface area contributed by atoms with E-state index in [9.17, 15) is 4.79 Å². The highest BCUT2D eigenvalue weighted by Gasteiger charge is 2.17. The van der Waals surface area contributed by atoms with Gasteiger partial charge in [-0.1, -0.05) is 6.07 Å². The Morgan fingerprint density at radius 3 is 2.73 bits per heavy atom. The third-order valence-corrected chi connectivity index (χ3v) is 3.67. The first-order chi connectivity index (χ1) is 7.25. The van der Waals surface area contributed by atoms with E-state index in [4.69, 9.17) is 0 Å². The van der Waals surface area contributed by atoms with Crippen LogP contribution in [0, 0.1) is 0 Å². The van der Waals surface area contributed by atoms with E-state index in [1.807, 2.05) is 17.5 Å². The Balaban J connectivity index is 1.85. The zero-order valence-electron chi connectivity index (χ0n) is 8.98. The van der Waals surface area contributed by atoms with Crippen LogP contribution in [-0.2, 0) is 0 Å². The molecule has 2 heterocycles. The molecular weight excluding hydrogens is 208 g/mol. The van der Waals surface area contributed by atoms with Crippen LogP contribution in [0.5, 0.6) is 0 Å². The molecular formula is C11H16N2OS. The number of carbonyl (C=O) groups is 1. The molecule has 0 bridgehead atoms. The van der Waals surface area contributed by atoms with Crippen molar-refractivity contribution < 1.29 is 4.79 Å². The first-order valence-corrected chi connectivity index (χ1v) is 6.11. The third-order valence-electron chi connectivity index (χ3n) is 2.76. The lowest BCUT2D eigenvalue weighted by molar-refractivity contribution is 0.0880. The van der Waals surface area contributed by atoms with Crippen molar-refractivity contribution in [2.24, 2.45) is 0 Å². The maximum absolute atomic E-state index is 11.8. The summed E-state index contributed by atoms with van der Waals surface area (Å²) in [5.41, 5.74) is 0. The number of carbonyl (C=O) groups excluding carboxylic acids is 1. The lowest BCUT2D eigenvalue weighted by Gasteiger charge is -2.31. The molecule has 3 nitrogen and oxygen atoms in total. The highest BCUT2D eigenvalue weighted by Crippen LogP contribution is 2.10. The summed E-state index contributed by atoms with van der Waals surface area (Å²) in [5, 5.41) is 1.96. The van der Waals surface area contributed by atoms with Crippen molar-refractivity contribution in [2.45, 2.75) is 0 Å². The number of hydrogen-bond donors (Lipinski definition) is 0. The number of likely N-dealkylation sites (N-methyl/N-ethyl adjacent to an activating group) is 1. The molecule has 0 amide bonds. The molecule has 0 unspecified atom stereocenters. The van der Waals surface area contributed by atoms with Crippen molar-refractivity contribution in [3.63, 3.8) is 0 Å². The van der Waals surface area contributed by atoms with Crippen molar-refractivity contribution in [1.82, 2.24) is 9.80 Å². The van der Waals surface area contributed by atoms with Gasteiger partial charge < -0.3 is 4.90 Å². The van der Waals surface area contributed by atoms with Gasteiger partial charge in [-0.05, 0) is 18.5 Å². The molecule has 0 atom stereocenters. The molecule has 1 aliphatic heterocycles.